The summed E-state index contributed by atoms with van der Waals surface area (Å²) in [4.78, 5) is 0. The van der Waals surface area contributed by atoms with Gasteiger partial charge in [-0.05, 0) is 50.1 Å². The van der Waals surface area contributed by atoms with Crippen molar-refractivity contribution in [2.75, 3.05) is 4.72 Å². The lowest BCUT2D eigenvalue weighted by molar-refractivity contribution is 0.578. The van der Waals surface area contributed by atoms with Crippen molar-refractivity contribution in [1.29, 1.82) is 0 Å². The molecule has 0 unspecified atom stereocenters. The van der Waals surface area contributed by atoms with Crippen molar-refractivity contribution in [2.45, 2.75) is 5.03 Å². The van der Waals surface area contributed by atoms with Crippen molar-refractivity contribution >= 4 is 63.5 Å². The maximum absolute atomic E-state index is 12.3. The number of benzene rings is 1. The van der Waals surface area contributed by atoms with Crippen LogP contribution in [0.3, 0.4) is 0 Å². The first-order chi connectivity index (χ1) is 8.81. The third kappa shape index (κ3) is 3.18. The standard InChI is InChI=1S/C9H7Br3N4O2S/c1-16-9(8(12)13-15-16)19(17,18)14-7-3-2-5(10)4-6(7)11/h2-4,14H,1H3. The predicted molar refractivity (Wildman–Crippen MR) is 81.4 cm³/mol. The lowest BCUT2D eigenvalue weighted by Gasteiger charge is -2.09. The van der Waals surface area contributed by atoms with Gasteiger partial charge in [-0.1, -0.05) is 21.1 Å². The van der Waals surface area contributed by atoms with Gasteiger partial charge in [-0.15, -0.1) is 5.10 Å². The Morgan fingerprint density at radius 3 is 2.47 bits per heavy atom. The Hall–Kier alpha value is -0.450. The number of anilines is 1. The Balaban J connectivity index is 2.42. The molecule has 0 amide bonds. The number of nitrogens with one attached hydrogen (secondary N) is 1. The van der Waals surface area contributed by atoms with Gasteiger partial charge in [0.2, 0.25) is 5.03 Å². The second kappa shape index (κ2) is 5.51. The van der Waals surface area contributed by atoms with Crippen molar-refractivity contribution in [1.82, 2.24) is 15.0 Å². The van der Waals surface area contributed by atoms with Crippen LogP contribution in [-0.4, -0.2) is 23.4 Å². The van der Waals surface area contributed by atoms with E-state index in [0.717, 1.165) is 4.47 Å². The lowest BCUT2D eigenvalue weighted by Crippen LogP contribution is -2.17. The van der Waals surface area contributed by atoms with E-state index < -0.39 is 10.0 Å². The molecule has 0 aliphatic rings. The van der Waals surface area contributed by atoms with Gasteiger partial charge in [-0.2, -0.15) is 8.42 Å². The third-order valence-corrected chi connectivity index (χ3v) is 5.57. The highest BCUT2D eigenvalue weighted by Crippen LogP contribution is 2.29. The van der Waals surface area contributed by atoms with Crippen LogP contribution in [0.5, 0.6) is 0 Å². The van der Waals surface area contributed by atoms with E-state index in [2.05, 4.69) is 62.8 Å². The Morgan fingerprint density at radius 1 is 1.26 bits per heavy atom. The van der Waals surface area contributed by atoms with Crippen LogP contribution in [0.1, 0.15) is 0 Å². The van der Waals surface area contributed by atoms with Crippen molar-refractivity contribution in [2.24, 2.45) is 7.05 Å². The number of aromatic nitrogens is 3. The summed E-state index contributed by atoms with van der Waals surface area (Å²) >= 11 is 9.66. The first-order valence-electron chi connectivity index (χ1n) is 4.84. The summed E-state index contributed by atoms with van der Waals surface area (Å²) in [5.41, 5.74) is 0.427. The number of rotatable bonds is 3. The Bertz CT molecular complexity index is 710. The van der Waals surface area contributed by atoms with E-state index in [-0.39, 0.29) is 9.63 Å². The fraction of sp³-hybridized carbons (Fsp3) is 0.111. The number of hydrogen-bond donors (Lipinski definition) is 1. The minimum absolute atomic E-state index is 0.0395. The third-order valence-electron chi connectivity index (χ3n) is 2.17. The second-order valence-electron chi connectivity index (χ2n) is 3.54. The van der Waals surface area contributed by atoms with E-state index in [0.29, 0.717) is 10.2 Å². The molecule has 2 aromatic rings. The molecule has 1 aromatic carbocycles. The average Bonchev–Trinajstić information content (AvgIpc) is 2.63. The number of halogens is 3. The van der Waals surface area contributed by atoms with Gasteiger partial charge >= 0.3 is 0 Å². The average molecular weight is 475 g/mol. The van der Waals surface area contributed by atoms with E-state index >= 15 is 0 Å². The summed E-state index contributed by atoms with van der Waals surface area (Å²) in [7, 11) is -2.27. The zero-order valence-corrected chi connectivity index (χ0v) is 15.0. The molecule has 6 nitrogen and oxygen atoms in total. The summed E-state index contributed by atoms with van der Waals surface area (Å²) in [5, 5.41) is 7.25. The molecule has 0 atom stereocenters. The highest BCUT2D eigenvalue weighted by atomic mass is 79.9. The second-order valence-corrected chi connectivity index (χ2v) is 7.66. The molecule has 0 aliphatic heterocycles. The van der Waals surface area contributed by atoms with Crippen molar-refractivity contribution < 1.29 is 8.42 Å². The van der Waals surface area contributed by atoms with Crippen LogP contribution in [0.2, 0.25) is 0 Å². The van der Waals surface area contributed by atoms with Gasteiger partial charge in [0.15, 0.2) is 4.60 Å². The van der Waals surface area contributed by atoms with E-state index in [1.54, 1.807) is 18.2 Å². The molecule has 0 aliphatic carbocycles. The van der Waals surface area contributed by atoms with Gasteiger partial charge in [-0.25, -0.2) is 4.68 Å². The summed E-state index contributed by atoms with van der Waals surface area (Å²) in [6, 6.07) is 5.12. The molecule has 1 heterocycles. The summed E-state index contributed by atoms with van der Waals surface area (Å²) in [5.74, 6) is 0. The number of nitrogens with zero attached hydrogens (tertiary/aromatic N) is 3. The zero-order valence-electron chi connectivity index (χ0n) is 9.43. The molecule has 0 fully saturated rings. The summed E-state index contributed by atoms with van der Waals surface area (Å²) in [6.45, 7) is 0. The highest BCUT2D eigenvalue weighted by molar-refractivity contribution is 9.11. The normalized spacial score (nSPS) is 11.6. The molecule has 102 valence electrons. The quantitative estimate of drug-likeness (QED) is 0.742. The predicted octanol–water partition coefficient (Wildman–Crippen LogP) is 2.90. The fourth-order valence-electron chi connectivity index (χ4n) is 1.37. The molecule has 2 rings (SSSR count). The topological polar surface area (TPSA) is 76.9 Å². The Morgan fingerprint density at radius 2 is 1.95 bits per heavy atom. The van der Waals surface area contributed by atoms with E-state index in [4.69, 9.17) is 0 Å². The van der Waals surface area contributed by atoms with Crippen LogP contribution < -0.4 is 4.72 Å². The first kappa shape index (κ1) is 14.9. The molecule has 10 heteroatoms. The van der Waals surface area contributed by atoms with Gasteiger partial charge in [0.25, 0.3) is 10.0 Å². The Labute approximate surface area is 135 Å². The van der Waals surface area contributed by atoms with E-state index in [1.165, 1.54) is 11.7 Å². The maximum Gasteiger partial charge on any atom is 0.281 e. The molecule has 0 spiro atoms. The monoisotopic (exact) mass is 472 g/mol. The van der Waals surface area contributed by atoms with Crippen LogP contribution >= 0.6 is 47.8 Å². The molecular weight excluding hydrogens is 468 g/mol. The van der Waals surface area contributed by atoms with Gasteiger partial charge < -0.3 is 0 Å². The highest BCUT2D eigenvalue weighted by Gasteiger charge is 2.24. The van der Waals surface area contributed by atoms with Crippen LogP contribution in [0.15, 0.2) is 36.8 Å². The van der Waals surface area contributed by atoms with E-state index in [1.807, 2.05) is 0 Å². The number of sulfonamides is 1. The molecule has 0 saturated carbocycles. The van der Waals surface area contributed by atoms with Crippen molar-refractivity contribution in [3.8, 4) is 0 Å². The van der Waals surface area contributed by atoms with Gasteiger partial charge in [-0.3, -0.25) is 4.72 Å². The molecule has 0 saturated heterocycles. The molecule has 0 radical (unpaired) electrons. The molecular formula is C9H7Br3N4O2S. The zero-order chi connectivity index (χ0) is 14.2. The number of hydrogen-bond acceptors (Lipinski definition) is 4. The smallest absolute Gasteiger partial charge is 0.277 e. The van der Waals surface area contributed by atoms with Crippen LogP contribution in [0, 0.1) is 0 Å². The molecule has 1 N–H and O–H groups in total. The lowest BCUT2D eigenvalue weighted by atomic mass is 10.3. The van der Waals surface area contributed by atoms with Crippen LogP contribution in [-0.2, 0) is 17.1 Å². The maximum atomic E-state index is 12.3. The van der Waals surface area contributed by atoms with Crippen LogP contribution in [0.4, 0.5) is 5.69 Å². The Kier molecular flexibility index (Phi) is 4.33. The van der Waals surface area contributed by atoms with E-state index in [9.17, 15) is 8.42 Å². The summed E-state index contributed by atoms with van der Waals surface area (Å²) < 4.78 is 29.8. The molecule has 19 heavy (non-hydrogen) atoms. The van der Waals surface area contributed by atoms with Crippen molar-refractivity contribution in [3.63, 3.8) is 0 Å². The molecule has 1 aromatic heterocycles. The van der Waals surface area contributed by atoms with Gasteiger partial charge in [0.1, 0.15) is 0 Å². The summed E-state index contributed by atoms with van der Waals surface area (Å²) in [6.07, 6.45) is 0. The van der Waals surface area contributed by atoms with Gasteiger partial charge in [0, 0.05) is 16.0 Å². The van der Waals surface area contributed by atoms with Crippen LogP contribution in [0.25, 0.3) is 0 Å². The largest absolute Gasteiger partial charge is 0.281 e. The van der Waals surface area contributed by atoms with Gasteiger partial charge in [0.05, 0.1) is 5.69 Å². The number of aryl methyl sites for hydroxylation is 1. The van der Waals surface area contributed by atoms with Crippen molar-refractivity contribution in [3.05, 3.63) is 31.7 Å². The first-order valence-corrected chi connectivity index (χ1v) is 8.70. The fourth-order valence-corrected chi connectivity index (χ4v) is 4.83. The minimum Gasteiger partial charge on any atom is -0.277 e. The SMILES string of the molecule is Cn1nnc(Br)c1S(=O)(=O)Nc1ccc(Br)cc1Br. The minimum atomic E-state index is -3.77. The molecule has 0 bridgehead atoms.